The lowest BCUT2D eigenvalue weighted by atomic mass is 10.1. The average molecular weight is 246 g/mol. The van der Waals surface area contributed by atoms with Crippen molar-refractivity contribution in [1.82, 2.24) is 10.2 Å². The Kier molecular flexibility index (Phi) is 3.52. The van der Waals surface area contributed by atoms with Gasteiger partial charge in [0.2, 0.25) is 0 Å². The summed E-state index contributed by atoms with van der Waals surface area (Å²) < 4.78 is 5.43. The van der Waals surface area contributed by atoms with Crippen LogP contribution in [0.25, 0.3) is 0 Å². The maximum atomic E-state index is 5.43. The van der Waals surface area contributed by atoms with Crippen molar-refractivity contribution < 1.29 is 4.74 Å². The highest BCUT2D eigenvalue weighted by molar-refractivity contribution is 5.33. The van der Waals surface area contributed by atoms with E-state index in [9.17, 15) is 0 Å². The van der Waals surface area contributed by atoms with Gasteiger partial charge < -0.3 is 10.1 Å². The van der Waals surface area contributed by atoms with Gasteiger partial charge in [-0.05, 0) is 24.8 Å². The molecular formula is C15H22N2O. The third-order valence-electron chi connectivity index (χ3n) is 4.07. The van der Waals surface area contributed by atoms with E-state index in [1.807, 2.05) is 6.07 Å². The van der Waals surface area contributed by atoms with Crippen LogP contribution in [0, 0.1) is 5.92 Å². The van der Waals surface area contributed by atoms with E-state index in [0.29, 0.717) is 6.04 Å². The molecule has 2 fully saturated rings. The SMILES string of the molecule is COc1ccccc1CN1CCNC(C2CC2)C1. The van der Waals surface area contributed by atoms with E-state index in [4.69, 9.17) is 4.74 Å². The van der Waals surface area contributed by atoms with Gasteiger partial charge in [0.25, 0.3) is 0 Å². The Balaban J connectivity index is 1.64. The highest BCUT2D eigenvalue weighted by Gasteiger charge is 2.33. The van der Waals surface area contributed by atoms with E-state index in [2.05, 4.69) is 28.4 Å². The van der Waals surface area contributed by atoms with Crippen molar-refractivity contribution in [3.63, 3.8) is 0 Å². The third kappa shape index (κ3) is 2.68. The molecule has 0 spiro atoms. The first kappa shape index (κ1) is 12.0. The van der Waals surface area contributed by atoms with Crippen molar-refractivity contribution in [3.8, 4) is 5.75 Å². The summed E-state index contributed by atoms with van der Waals surface area (Å²) in [6.45, 7) is 4.45. The molecule has 0 radical (unpaired) electrons. The van der Waals surface area contributed by atoms with Crippen molar-refractivity contribution in [1.29, 1.82) is 0 Å². The maximum Gasteiger partial charge on any atom is 0.123 e. The predicted octanol–water partition coefficient (Wildman–Crippen LogP) is 1.88. The van der Waals surface area contributed by atoms with E-state index in [0.717, 1.165) is 31.3 Å². The quantitative estimate of drug-likeness (QED) is 0.878. The van der Waals surface area contributed by atoms with E-state index in [-0.39, 0.29) is 0 Å². The lowest BCUT2D eigenvalue weighted by Gasteiger charge is -2.34. The molecule has 18 heavy (non-hydrogen) atoms. The van der Waals surface area contributed by atoms with Crippen LogP contribution in [0.2, 0.25) is 0 Å². The number of nitrogens with one attached hydrogen (secondary N) is 1. The van der Waals surface area contributed by atoms with E-state index in [1.165, 1.54) is 24.9 Å². The minimum atomic E-state index is 0.716. The molecule has 3 rings (SSSR count). The molecule has 1 aliphatic heterocycles. The largest absolute Gasteiger partial charge is 0.496 e. The summed E-state index contributed by atoms with van der Waals surface area (Å²) >= 11 is 0. The Morgan fingerprint density at radius 1 is 1.33 bits per heavy atom. The van der Waals surface area contributed by atoms with Gasteiger partial charge in [0.05, 0.1) is 7.11 Å². The molecular weight excluding hydrogens is 224 g/mol. The van der Waals surface area contributed by atoms with E-state index < -0.39 is 0 Å². The van der Waals surface area contributed by atoms with Gasteiger partial charge in [-0.2, -0.15) is 0 Å². The number of methoxy groups -OCH3 is 1. The van der Waals surface area contributed by atoms with Crippen LogP contribution < -0.4 is 10.1 Å². The highest BCUT2D eigenvalue weighted by atomic mass is 16.5. The van der Waals surface area contributed by atoms with Crippen molar-refractivity contribution in [2.75, 3.05) is 26.7 Å². The standard InChI is InChI=1S/C15H22N2O/c1-18-15-5-3-2-4-13(15)10-17-9-8-16-14(11-17)12-6-7-12/h2-5,12,14,16H,6-11H2,1H3. The number of rotatable bonds is 4. The van der Waals surface area contributed by atoms with Crippen molar-refractivity contribution in [2.45, 2.75) is 25.4 Å². The molecule has 1 N–H and O–H groups in total. The number of ether oxygens (including phenoxy) is 1. The first-order valence-corrected chi connectivity index (χ1v) is 6.94. The molecule has 3 heteroatoms. The number of para-hydroxylation sites is 1. The Morgan fingerprint density at radius 3 is 2.94 bits per heavy atom. The average Bonchev–Trinajstić information content (AvgIpc) is 3.24. The van der Waals surface area contributed by atoms with Gasteiger partial charge >= 0.3 is 0 Å². The Morgan fingerprint density at radius 2 is 2.17 bits per heavy atom. The van der Waals surface area contributed by atoms with E-state index in [1.54, 1.807) is 7.11 Å². The van der Waals surface area contributed by atoms with Crippen LogP contribution in [0.4, 0.5) is 0 Å². The minimum Gasteiger partial charge on any atom is -0.496 e. The van der Waals surface area contributed by atoms with Gasteiger partial charge in [0.15, 0.2) is 0 Å². The van der Waals surface area contributed by atoms with Crippen LogP contribution in [0.5, 0.6) is 5.75 Å². The zero-order valence-corrected chi connectivity index (χ0v) is 11.1. The number of nitrogens with zero attached hydrogens (tertiary/aromatic N) is 1. The van der Waals surface area contributed by atoms with Crippen LogP contribution in [-0.2, 0) is 6.54 Å². The van der Waals surface area contributed by atoms with Crippen LogP contribution in [-0.4, -0.2) is 37.7 Å². The Bertz CT molecular complexity index is 403. The molecule has 0 aromatic heterocycles. The fraction of sp³-hybridized carbons (Fsp3) is 0.600. The van der Waals surface area contributed by atoms with Crippen molar-refractivity contribution in [3.05, 3.63) is 29.8 Å². The molecule has 1 atom stereocenters. The summed E-state index contributed by atoms with van der Waals surface area (Å²) in [5, 5.41) is 3.65. The van der Waals surface area contributed by atoms with Gasteiger partial charge in [-0.3, -0.25) is 4.90 Å². The molecule has 1 aromatic rings. The predicted molar refractivity (Wildman–Crippen MR) is 72.8 cm³/mol. The van der Waals surface area contributed by atoms with Gasteiger partial charge in [0, 0.05) is 37.8 Å². The highest BCUT2D eigenvalue weighted by Crippen LogP contribution is 2.34. The smallest absolute Gasteiger partial charge is 0.123 e. The molecule has 2 aliphatic rings. The summed E-state index contributed by atoms with van der Waals surface area (Å²) in [7, 11) is 1.75. The number of hydrogen-bond acceptors (Lipinski definition) is 3. The molecule has 1 unspecified atom stereocenters. The number of benzene rings is 1. The fourth-order valence-corrected chi connectivity index (χ4v) is 2.87. The summed E-state index contributed by atoms with van der Waals surface area (Å²) in [4.78, 5) is 2.55. The third-order valence-corrected chi connectivity index (χ3v) is 4.07. The molecule has 0 bridgehead atoms. The zero-order chi connectivity index (χ0) is 12.4. The van der Waals surface area contributed by atoms with Crippen molar-refractivity contribution >= 4 is 0 Å². The summed E-state index contributed by atoms with van der Waals surface area (Å²) in [5.41, 5.74) is 1.30. The minimum absolute atomic E-state index is 0.716. The van der Waals surface area contributed by atoms with Crippen LogP contribution >= 0.6 is 0 Å². The molecule has 3 nitrogen and oxygen atoms in total. The first-order chi connectivity index (χ1) is 8.86. The number of piperazine rings is 1. The van der Waals surface area contributed by atoms with Gasteiger partial charge in [-0.25, -0.2) is 0 Å². The topological polar surface area (TPSA) is 24.5 Å². The first-order valence-electron chi connectivity index (χ1n) is 6.94. The Hall–Kier alpha value is -1.06. The van der Waals surface area contributed by atoms with Crippen LogP contribution in [0.3, 0.4) is 0 Å². The van der Waals surface area contributed by atoms with Crippen molar-refractivity contribution in [2.24, 2.45) is 5.92 Å². The summed E-state index contributed by atoms with van der Waals surface area (Å²) in [6.07, 6.45) is 2.83. The lowest BCUT2D eigenvalue weighted by molar-refractivity contribution is 0.180. The van der Waals surface area contributed by atoms with Crippen LogP contribution in [0.1, 0.15) is 18.4 Å². The summed E-state index contributed by atoms with van der Waals surface area (Å²) in [6, 6.07) is 9.07. The van der Waals surface area contributed by atoms with Gasteiger partial charge in [-0.15, -0.1) is 0 Å². The normalized spacial score (nSPS) is 25.1. The second kappa shape index (κ2) is 5.29. The molecule has 98 valence electrons. The van der Waals surface area contributed by atoms with Gasteiger partial charge in [0.1, 0.15) is 5.75 Å². The van der Waals surface area contributed by atoms with Crippen LogP contribution in [0.15, 0.2) is 24.3 Å². The molecule has 1 aliphatic carbocycles. The maximum absolute atomic E-state index is 5.43. The molecule has 1 saturated heterocycles. The lowest BCUT2D eigenvalue weighted by Crippen LogP contribution is -2.51. The van der Waals surface area contributed by atoms with Gasteiger partial charge in [-0.1, -0.05) is 18.2 Å². The zero-order valence-electron chi connectivity index (χ0n) is 11.1. The monoisotopic (exact) mass is 246 g/mol. The molecule has 1 heterocycles. The van der Waals surface area contributed by atoms with E-state index >= 15 is 0 Å². The summed E-state index contributed by atoms with van der Waals surface area (Å²) in [5.74, 6) is 1.95. The second-order valence-corrected chi connectivity index (χ2v) is 5.45. The molecule has 1 aromatic carbocycles. The Labute approximate surface area is 109 Å². The second-order valence-electron chi connectivity index (χ2n) is 5.45. The molecule has 1 saturated carbocycles. The molecule has 0 amide bonds. The fourth-order valence-electron chi connectivity index (χ4n) is 2.87. The number of hydrogen-bond donors (Lipinski definition) is 1.